The Bertz CT molecular complexity index is 799. The SMILES string of the molecule is Cc1cc(C(=O)NCCSCc2ccc(Cl)c(Cl)c2)ccc1[N+](=O)[O-]. The number of nitrogens with zero attached hydrogens (tertiary/aromatic N) is 1. The van der Waals surface area contributed by atoms with Gasteiger partial charge in [-0.1, -0.05) is 29.3 Å². The summed E-state index contributed by atoms with van der Waals surface area (Å²) in [5.74, 6) is 1.26. The van der Waals surface area contributed by atoms with Crippen molar-refractivity contribution in [2.75, 3.05) is 12.3 Å². The zero-order chi connectivity index (χ0) is 18.4. The van der Waals surface area contributed by atoms with E-state index in [1.54, 1.807) is 24.8 Å². The van der Waals surface area contributed by atoms with Crippen LogP contribution in [0.3, 0.4) is 0 Å². The van der Waals surface area contributed by atoms with Gasteiger partial charge < -0.3 is 5.32 Å². The number of carbonyl (C=O) groups is 1. The van der Waals surface area contributed by atoms with Crippen molar-refractivity contribution in [3.8, 4) is 0 Å². The summed E-state index contributed by atoms with van der Waals surface area (Å²) in [6.45, 7) is 2.11. The number of hydrogen-bond donors (Lipinski definition) is 1. The smallest absolute Gasteiger partial charge is 0.272 e. The molecule has 8 heteroatoms. The van der Waals surface area contributed by atoms with Crippen LogP contribution in [0.5, 0.6) is 0 Å². The van der Waals surface area contributed by atoms with Crippen LogP contribution in [0.2, 0.25) is 10.0 Å². The molecule has 0 saturated carbocycles. The van der Waals surface area contributed by atoms with E-state index in [1.165, 1.54) is 18.2 Å². The molecule has 0 unspecified atom stereocenters. The zero-order valence-electron chi connectivity index (χ0n) is 13.4. The number of hydrogen-bond acceptors (Lipinski definition) is 4. The van der Waals surface area contributed by atoms with E-state index in [0.717, 1.165) is 17.1 Å². The van der Waals surface area contributed by atoms with Crippen molar-refractivity contribution in [3.05, 3.63) is 73.2 Å². The van der Waals surface area contributed by atoms with Gasteiger partial charge in [-0.15, -0.1) is 0 Å². The van der Waals surface area contributed by atoms with Crippen LogP contribution in [0.15, 0.2) is 36.4 Å². The van der Waals surface area contributed by atoms with Crippen LogP contribution in [0, 0.1) is 17.0 Å². The molecular formula is C17H16Cl2N2O3S. The van der Waals surface area contributed by atoms with Gasteiger partial charge in [-0.05, 0) is 36.8 Å². The first-order valence-electron chi connectivity index (χ1n) is 7.43. The standard InChI is InChI=1S/C17H16Cl2N2O3S/c1-11-8-13(3-5-16(11)21(23)24)17(22)20-6-7-25-10-12-2-4-14(18)15(19)9-12/h2-5,8-9H,6-7,10H2,1H3,(H,20,22). The van der Waals surface area contributed by atoms with Crippen molar-refractivity contribution in [2.45, 2.75) is 12.7 Å². The second kappa shape index (κ2) is 9.08. The lowest BCUT2D eigenvalue weighted by atomic mass is 10.1. The number of benzene rings is 2. The maximum absolute atomic E-state index is 12.1. The number of halogens is 2. The third-order valence-electron chi connectivity index (χ3n) is 3.44. The average Bonchev–Trinajstić information content (AvgIpc) is 2.57. The average molecular weight is 399 g/mol. The molecule has 2 aromatic rings. The summed E-state index contributed by atoms with van der Waals surface area (Å²) in [6, 6.07) is 9.84. The van der Waals surface area contributed by atoms with Crippen LogP contribution in [-0.4, -0.2) is 23.1 Å². The molecule has 0 aliphatic heterocycles. The minimum absolute atomic E-state index is 0.00808. The van der Waals surface area contributed by atoms with E-state index in [4.69, 9.17) is 23.2 Å². The molecule has 0 radical (unpaired) electrons. The van der Waals surface area contributed by atoms with Crippen LogP contribution in [0.25, 0.3) is 0 Å². The van der Waals surface area contributed by atoms with Gasteiger partial charge in [-0.2, -0.15) is 11.8 Å². The Hall–Kier alpha value is -1.76. The van der Waals surface area contributed by atoms with Crippen LogP contribution in [0.4, 0.5) is 5.69 Å². The molecule has 2 rings (SSSR count). The Morgan fingerprint density at radius 3 is 2.60 bits per heavy atom. The summed E-state index contributed by atoms with van der Waals surface area (Å²) in [7, 11) is 0. The van der Waals surface area contributed by atoms with Crippen LogP contribution < -0.4 is 5.32 Å². The fourth-order valence-corrected chi connectivity index (χ4v) is 3.29. The van der Waals surface area contributed by atoms with Crippen LogP contribution >= 0.6 is 35.0 Å². The van der Waals surface area contributed by atoms with Gasteiger partial charge in [0.25, 0.3) is 11.6 Å². The van der Waals surface area contributed by atoms with Gasteiger partial charge in [0.1, 0.15) is 0 Å². The largest absolute Gasteiger partial charge is 0.351 e. The first-order chi connectivity index (χ1) is 11.9. The fraction of sp³-hybridized carbons (Fsp3) is 0.235. The monoisotopic (exact) mass is 398 g/mol. The number of aryl methyl sites for hydroxylation is 1. The third kappa shape index (κ3) is 5.63. The predicted molar refractivity (Wildman–Crippen MR) is 103 cm³/mol. The van der Waals surface area contributed by atoms with Gasteiger partial charge in [0, 0.05) is 35.2 Å². The number of nitrogens with one attached hydrogen (secondary N) is 1. The topological polar surface area (TPSA) is 72.2 Å². The Morgan fingerprint density at radius 2 is 1.96 bits per heavy atom. The minimum atomic E-state index is -0.462. The van der Waals surface area contributed by atoms with E-state index >= 15 is 0 Å². The summed E-state index contributed by atoms with van der Waals surface area (Å²) >= 11 is 13.5. The summed E-state index contributed by atoms with van der Waals surface area (Å²) in [4.78, 5) is 22.4. The summed E-state index contributed by atoms with van der Waals surface area (Å²) in [5, 5.41) is 14.7. The predicted octanol–water partition coefficient (Wildman–Crippen LogP) is 4.87. The minimum Gasteiger partial charge on any atom is -0.351 e. The highest BCUT2D eigenvalue weighted by Gasteiger charge is 2.13. The summed E-state index contributed by atoms with van der Waals surface area (Å²) < 4.78 is 0. The Morgan fingerprint density at radius 1 is 1.20 bits per heavy atom. The molecule has 2 aromatic carbocycles. The molecule has 0 spiro atoms. The van der Waals surface area contributed by atoms with Crippen molar-refractivity contribution >= 4 is 46.6 Å². The molecular weight excluding hydrogens is 383 g/mol. The molecule has 5 nitrogen and oxygen atoms in total. The van der Waals surface area contributed by atoms with E-state index < -0.39 is 4.92 Å². The molecule has 0 aliphatic carbocycles. The van der Waals surface area contributed by atoms with E-state index in [9.17, 15) is 14.9 Å². The van der Waals surface area contributed by atoms with Crippen molar-refractivity contribution in [1.82, 2.24) is 5.32 Å². The van der Waals surface area contributed by atoms with Crippen molar-refractivity contribution in [2.24, 2.45) is 0 Å². The number of carbonyl (C=O) groups excluding carboxylic acids is 1. The summed E-state index contributed by atoms with van der Waals surface area (Å²) in [5.41, 5.74) is 1.95. The van der Waals surface area contributed by atoms with Crippen LogP contribution in [-0.2, 0) is 5.75 Å². The molecule has 0 saturated heterocycles. The Kier molecular flexibility index (Phi) is 7.11. The highest BCUT2D eigenvalue weighted by molar-refractivity contribution is 7.98. The Labute approximate surface area is 159 Å². The molecule has 0 aliphatic rings. The van der Waals surface area contributed by atoms with E-state index in [0.29, 0.717) is 27.7 Å². The highest BCUT2D eigenvalue weighted by atomic mass is 35.5. The first-order valence-corrected chi connectivity index (χ1v) is 9.34. The second-order valence-corrected chi connectivity index (χ2v) is 7.23. The Balaban J connectivity index is 1.77. The third-order valence-corrected chi connectivity index (χ3v) is 5.21. The molecule has 25 heavy (non-hydrogen) atoms. The van der Waals surface area contributed by atoms with Gasteiger partial charge in [0.2, 0.25) is 0 Å². The quantitative estimate of drug-likeness (QED) is 0.410. The molecule has 0 atom stereocenters. The van der Waals surface area contributed by atoms with E-state index in [2.05, 4.69) is 5.32 Å². The second-order valence-electron chi connectivity index (χ2n) is 5.32. The normalized spacial score (nSPS) is 10.5. The first kappa shape index (κ1) is 19.6. The van der Waals surface area contributed by atoms with Gasteiger partial charge >= 0.3 is 0 Å². The number of amides is 1. The fourth-order valence-electron chi connectivity index (χ4n) is 2.16. The molecule has 132 valence electrons. The molecule has 1 amide bonds. The number of nitro benzene ring substituents is 1. The van der Waals surface area contributed by atoms with Gasteiger partial charge in [-0.25, -0.2) is 0 Å². The highest BCUT2D eigenvalue weighted by Crippen LogP contribution is 2.24. The molecule has 1 N–H and O–H groups in total. The molecule has 0 bridgehead atoms. The lowest BCUT2D eigenvalue weighted by Crippen LogP contribution is -2.25. The van der Waals surface area contributed by atoms with Gasteiger partial charge in [0.05, 0.1) is 15.0 Å². The maximum atomic E-state index is 12.1. The number of thioether (sulfide) groups is 1. The lowest BCUT2D eigenvalue weighted by Gasteiger charge is -2.07. The number of rotatable bonds is 7. The zero-order valence-corrected chi connectivity index (χ0v) is 15.7. The lowest BCUT2D eigenvalue weighted by molar-refractivity contribution is -0.385. The number of nitro groups is 1. The van der Waals surface area contributed by atoms with E-state index in [1.807, 2.05) is 12.1 Å². The van der Waals surface area contributed by atoms with E-state index in [-0.39, 0.29) is 11.6 Å². The van der Waals surface area contributed by atoms with Crippen molar-refractivity contribution in [3.63, 3.8) is 0 Å². The van der Waals surface area contributed by atoms with Crippen LogP contribution in [0.1, 0.15) is 21.5 Å². The summed E-state index contributed by atoms with van der Waals surface area (Å²) in [6.07, 6.45) is 0. The molecule has 0 aromatic heterocycles. The molecule has 0 fully saturated rings. The molecule has 0 heterocycles. The van der Waals surface area contributed by atoms with Crippen molar-refractivity contribution < 1.29 is 9.72 Å². The van der Waals surface area contributed by atoms with Gasteiger partial charge in [-0.3, -0.25) is 14.9 Å². The van der Waals surface area contributed by atoms with Crippen molar-refractivity contribution in [1.29, 1.82) is 0 Å². The van der Waals surface area contributed by atoms with Gasteiger partial charge in [0.15, 0.2) is 0 Å². The maximum Gasteiger partial charge on any atom is 0.272 e.